The molecule has 1 saturated heterocycles. The van der Waals surface area contributed by atoms with Gasteiger partial charge in [-0.15, -0.1) is 0 Å². The Bertz CT molecular complexity index is 1000. The SMILES string of the molecule is Cc1ccc(C(CNc2ccc([N+](=O)[O-])c3cccnc23)N2CCOCC2)cc1. The molecule has 1 unspecified atom stereocenters. The summed E-state index contributed by atoms with van der Waals surface area (Å²) in [6.45, 7) is 5.96. The molecule has 1 N–H and O–H groups in total. The second-order valence-electron chi connectivity index (χ2n) is 7.24. The summed E-state index contributed by atoms with van der Waals surface area (Å²) in [5, 5.41) is 15.4. The third-order valence-corrected chi connectivity index (χ3v) is 5.38. The average molecular weight is 392 g/mol. The molecule has 1 aliphatic heterocycles. The van der Waals surface area contributed by atoms with E-state index in [4.69, 9.17) is 4.74 Å². The van der Waals surface area contributed by atoms with Crippen molar-refractivity contribution in [2.24, 2.45) is 0 Å². The van der Waals surface area contributed by atoms with Gasteiger partial charge in [0.25, 0.3) is 5.69 Å². The van der Waals surface area contributed by atoms with Crippen molar-refractivity contribution < 1.29 is 9.66 Å². The number of pyridine rings is 1. The summed E-state index contributed by atoms with van der Waals surface area (Å²) in [5.74, 6) is 0. The molecule has 29 heavy (non-hydrogen) atoms. The number of morpholine rings is 1. The first-order valence-electron chi connectivity index (χ1n) is 9.78. The molecule has 0 aliphatic carbocycles. The first-order valence-corrected chi connectivity index (χ1v) is 9.78. The number of benzene rings is 2. The molecule has 0 amide bonds. The van der Waals surface area contributed by atoms with Gasteiger partial charge in [0.2, 0.25) is 0 Å². The van der Waals surface area contributed by atoms with Crippen LogP contribution in [0, 0.1) is 17.0 Å². The lowest BCUT2D eigenvalue weighted by Crippen LogP contribution is -2.41. The summed E-state index contributed by atoms with van der Waals surface area (Å²) in [6.07, 6.45) is 1.66. The molecule has 1 aromatic heterocycles. The third-order valence-electron chi connectivity index (χ3n) is 5.38. The minimum absolute atomic E-state index is 0.0712. The van der Waals surface area contributed by atoms with Crippen LogP contribution in [0.2, 0.25) is 0 Å². The van der Waals surface area contributed by atoms with Gasteiger partial charge in [0.15, 0.2) is 0 Å². The molecule has 0 saturated carbocycles. The maximum atomic E-state index is 11.4. The second-order valence-corrected chi connectivity index (χ2v) is 7.24. The van der Waals surface area contributed by atoms with E-state index in [9.17, 15) is 10.1 Å². The lowest BCUT2D eigenvalue weighted by Gasteiger charge is -2.35. The van der Waals surface area contributed by atoms with Gasteiger partial charge in [-0.05, 0) is 30.7 Å². The predicted octanol–water partition coefficient (Wildman–Crippen LogP) is 3.94. The van der Waals surface area contributed by atoms with Crippen molar-refractivity contribution in [3.05, 3.63) is 76.0 Å². The Labute approximate surface area is 169 Å². The smallest absolute Gasteiger partial charge is 0.278 e. The van der Waals surface area contributed by atoms with Crippen LogP contribution in [-0.4, -0.2) is 47.7 Å². The number of aromatic nitrogens is 1. The van der Waals surface area contributed by atoms with Crippen molar-refractivity contribution in [3.8, 4) is 0 Å². The highest BCUT2D eigenvalue weighted by molar-refractivity contribution is 5.96. The fraction of sp³-hybridized carbons (Fsp3) is 0.318. The molecule has 7 nitrogen and oxygen atoms in total. The van der Waals surface area contributed by atoms with Crippen molar-refractivity contribution >= 4 is 22.3 Å². The topological polar surface area (TPSA) is 80.5 Å². The number of nitrogens with one attached hydrogen (secondary N) is 1. The van der Waals surface area contributed by atoms with Gasteiger partial charge in [0.1, 0.15) is 5.52 Å². The number of aryl methyl sites for hydroxylation is 1. The first kappa shape index (κ1) is 19.3. The molecule has 3 aromatic rings. The van der Waals surface area contributed by atoms with Crippen molar-refractivity contribution in [3.63, 3.8) is 0 Å². The van der Waals surface area contributed by atoms with Crippen molar-refractivity contribution in [1.82, 2.24) is 9.88 Å². The van der Waals surface area contributed by atoms with Crippen LogP contribution in [-0.2, 0) is 4.74 Å². The molecule has 1 atom stereocenters. The largest absolute Gasteiger partial charge is 0.381 e. The monoisotopic (exact) mass is 392 g/mol. The Balaban J connectivity index is 1.63. The molecule has 4 rings (SSSR count). The van der Waals surface area contributed by atoms with Crippen LogP contribution in [0.4, 0.5) is 11.4 Å². The molecule has 0 bridgehead atoms. The number of fused-ring (bicyclic) bond motifs is 1. The number of ether oxygens (including phenoxy) is 1. The summed E-state index contributed by atoms with van der Waals surface area (Å²) >= 11 is 0. The number of rotatable bonds is 6. The van der Waals surface area contributed by atoms with Crippen LogP contribution in [0.25, 0.3) is 10.9 Å². The molecule has 0 radical (unpaired) electrons. The highest BCUT2D eigenvalue weighted by atomic mass is 16.6. The Morgan fingerprint density at radius 2 is 1.93 bits per heavy atom. The number of non-ortho nitro benzene ring substituents is 1. The second kappa shape index (κ2) is 8.55. The van der Waals surface area contributed by atoms with E-state index in [0.29, 0.717) is 17.4 Å². The number of nitro benzene ring substituents is 1. The number of hydrogen-bond acceptors (Lipinski definition) is 6. The van der Waals surface area contributed by atoms with E-state index in [0.717, 1.165) is 32.0 Å². The van der Waals surface area contributed by atoms with Gasteiger partial charge in [-0.2, -0.15) is 0 Å². The Hall–Kier alpha value is -3.03. The van der Waals surface area contributed by atoms with E-state index < -0.39 is 0 Å². The minimum atomic E-state index is -0.364. The Morgan fingerprint density at radius 1 is 1.17 bits per heavy atom. The van der Waals surface area contributed by atoms with E-state index >= 15 is 0 Å². The van der Waals surface area contributed by atoms with Gasteiger partial charge < -0.3 is 10.1 Å². The summed E-state index contributed by atoms with van der Waals surface area (Å²) in [6, 6.07) is 15.5. The number of nitro groups is 1. The quantitative estimate of drug-likeness (QED) is 0.506. The maximum absolute atomic E-state index is 11.4. The molecule has 7 heteroatoms. The zero-order chi connectivity index (χ0) is 20.2. The van der Waals surface area contributed by atoms with Gasteiger partial charge >= 0.3 is 0 Å². The summed E-state index contributed by atoms with van der Waals surface area (Å²) in [5.41, 5.74) is 3.96. The maximum Gasteiger partial charge on any atom is 0.278 e. The number of anilines is 1. The summed E-state index contributed by atoms with van der Waals surface area (Å²) in [4.78, 5) is 17.8. The van der Waals surface area contributed by atoms with E-state index in [1.54, 1.807) is 30.5 Å². The standard InChI is InChI=1S/C22H24N4O3/c1-16-4-6-17(7-5-16)21(25-11-13-29-14-12-25)15-24-19-8-9-20(26(27)28)18-3-2-10-23-22(18)19/h2-10,21,24H,11-15H2,1H3. The molecule has 1 aliphatic rings. The molecular weight excluding hydrogens is 368 g/mol. The van der Waals surface area contributed by atoms with Gasteiger partial charge in [0, 0.05) is 31.9 Å². The van der Waals surface area contributed by atoms with E-state index in [-0.39, 0.29) is 16.7 Å². The molecule has 2 aromatic carbocycles. The number of nitrogens with zero attached hydrogens (tertiary/aromatic N) is 3. The normalized spacial score (nSPS) is 15.9. The number of hydrogen-bond donors (Lipinski definition) is 1. The van der Waals surface area contributed by atoms with Crippen molar-refractivity contribution in [2.45, 2.75) is 13.0 Å². The van der Waals surface area contributed by atoms with Gasteiger partial charge in [-0.25, -0.2) is 0 Å². The molecule has 150 valence electrons. The summed E-state index contributed by atoms with van der Waals surface area (Å²) in [7, 11) is 0. The lowest BCUT2D eigenvalue weighted by atomic mass is 10.0. The van der Waals surface area contributed by atoms with Crippen molar-refractivity contribution in [1.29, 1.82) is 0 Å². The van der Waals surface area contributed by atoms with Crippen LogP contribution in [0.15, 0.2) is 54.7 Å². The van der Waals surface area contributed by atoms with Crippen LogP contribution in [0.5, 0.6) is 0 Å². The predicted molar refractivity (Wildman–Crippen MR) is 113 cm³/mol. The zero-order valence-electron chi connectivity index (χ0n) is 16.4. The van der Waals surface area contributed by atoms with Crippen LogP contribution >= 0.6 is 0 Å². The first-order chi connectivity index (χ1) is 14.1. The highest BCUT2D eigenvalue weighted by Gasteiger charge is 2.23. The Kier molecular flexibility index (Phi) is 5.69. The fourth-order valence-corrected chi connectivity index (χ4v) is 3.80. The van der Waals surface area contributed by atoms with Gasteiger partial charge in [-0.3, -0.25) is 20.0 Å². The fourth-order valence-electron chi connectivity index (χ4n) is 3.80. The van der Waals surface area contributed by atoms with E-state index in [1.807, 2.05) is 0 Å². The third kappa shape index (κ3) is 4.21. The van der Waals surface area contributed by atoms with Crippen LogP contribution < -0.4 is 5.32 Å². The zero-order valence-corrected chi connectivity index (χ0v) is 16.4. The molecule has 1 fully saturated rings. The molecule has 0 spiro atoms. The van der Waals surface area contributed by atoms with Crippen LogP contribution in [0.3, 0.4) is 0 Å². The minimum Gasteiger partial charge on any atom is -0.381 e. The van der Waals surface area contributed by atoms with Crippen LogP contribution in [0.1, 0.15) is 17.2 Å². The van der Waals surface area contributed by atoms with E-state index in [2.05, 4.69) is 46.4 Å². The highest BCUT2D eigenvalue weighted by Crippen LogP contribution is 2.31. The summed E-state index contributed by atoms with van der Waals surface area (Å²) < 4.78 is 5.52. The van der Waals surface area contributed by atoms with Crippen molar-refractivity contribution in [2.75, 3.05) is 38.2 Å². The Morgan fingerprint density at radius 3 is 2.66 bits per heavy atom. The van der Waals surface area contributed by atoms with Gasteiger partial charge in [-0.1, -0.05) is 29.8 Å². The average Bonchev–Trinajstić information content (AvgIpc) is 2.75. The lowest BCUT2D eigenvalue weighted by molar-refractivity contribution is -0.383. The molecule has 2 heterocycles. The van der Waals surface area contributed by atoms with E-state index in [1.165, 1.54) is 11.1 Å². The molecular formula is C22H24N4O3. The van der Waals surface area contributed by atoms with Gasteiger partial charge in [0.05, 0.1) is 35.3 Å².